The summed E-state index contributed by atoms with van der Waals surface area (Å²) >= 11 is 0. The maximum atomic E-state index is 12.7. The van der Waals surface area contributed by atoms with Crippen LogP contribution in [-0.4, -0.2) is 36.2 Å². The van der Waals surface area contributed by atoms with Crippen LogP contribution in [0.5, 0.6) is 0 Å². The summed E-state index contributed by atoms with van der Waals surface area (Å²) in [5, 5.41) is 6.95. The summed E-state index contributed by atoms with van der Waals surface area (Å²) in [7, 11) is -3.13. The highest BCUT2D eigenvalue weighted by atomic mass is 32.2. The zero-order chi connectivity index (χ0) is 17.3. The second kappa shape index (κ2) is 6.23. The van der Waals surface area contributed by atoms with Gasteiger partial charge < -0.3 is 5.32 Å². The Hall–Kier alpha value is -2.03. The lowest BCUT2D eigenvalue weighted by molar-refractivity contribution is -0.137. The normalized spacial score (nSPS) is 13.8. The van der Waals surface area contributed by atoms with Gasteiger partial charge in [0.15, 0.2) is 0 Å². The average Bonchev–Trinajstić information content (AvgIpc) is 2.84. The third-order valence-electron chi connectivity index (χ3n) is 2.99. The van der Waals surface area contributed by atoms with Crippen LogP contribution in [0, 0.1) is 0 Å². The summed E-state index contributed by atoms with van der Waals surface area (Å²) in [6.45, 7) is 1.70. The van der Waals surface area contributed by atoms with Crippen LogP contribution in [0.2, 0.25) is 0 Å². The Kier molecular flexibility index (Phi) is 4.69. The van der Waals surface area contributed by atoms with Gasteiger partial charge in [-0.2, -0.15) is 18.3 Å². The van der Waals surface area contributed by atoms with Crippen molar-refractivity contribution in [2.24, 2.45) is 0 Å². The van der Waals surface area contributed by atoms with Gasteiger partial charge in [-0.1, -0.05) is 6.07 Å². The highest BCUT2D eigenvalue weighted by molar-refractivity contribution is 7.90. The van der Waals surface area contributed by atoms with E-state index in [1.807, 2.05) is 0 Å². The molecule has 9 heteroatoms. The van der Waals surface area contributed by atoms with Crippen LogP contribution in [0.3, 0.4) is 0 Å². The van der Waals surface area contributed by atoms with Gasteiger partial charge in [-0.05, 0) is 25.1 Å². The molecule has 0 spiro atoms. The van der Waals surface area contributed by atoms with Crippen molar-refractivity contribution < 1.29 is 21.6 Å². The molecule has 5 nitrogen and oxygen atoms in total. The second-order valence-electron chi connectivity index (χ2n) is 5.36. The molecule has 1 aromatic heterocycles. The highest BCUT2D eigenvalue weighted by Gasteiger charge is 2.30. The molecular weight excluding hydrogens is 331 g/mol. The zero-order valence-electron chi connectivity index (χ0n) is 12.5. The molecule has 1 aromatic carbocycles. The smallest absolute Gasteiger partial charge is 0.379 e. The first-order chi connectivity index (χ1) is 10.5. The van der Waals surface area contributed by atoms with E-state index in [0.717, 1.165) is 18.4 Å². The van der Waals surface area contributed by atoms with Crippen molar-refractivity contribution >= 4 is 15.5 Å². The maximum absolute atomic E-state index is 12.7. The van der Waals surface area contributed by atoms with E-state index in [0.29, 0.717) is 5.69 Å². The van der Waals surface area contributed by atoms with E-state index in [1.165, 1.54) is 29.2 Å². The maximum Gasteiger partial charge on any atom is 0.416 e. The zero-order valence-corrected chi connectivity index (χ0v) is 13.3. The number of sulfone groups is 1. The molecule has 126 valence electrons. The van der Waals surface area contributed by atoms with Crippen LogP contribution < -0.4 is 5.32 Å². The molecule has 23 heavy (non-hydrogen) atoms. The van der Waals surface area contributed by atoms with Crippen LogP contribution in [0.1, 0.15) is 12.5 Å². The van der Waals surface area contributed by atoms with Gasteiger partial charge >= 0.3 is 6.18 Å². The van der Waals surface area contributed by atoms with Crippen molar-refractivity contribution in [1.29, 1.82) is 0 Å². The Morgan fingerprint density at radius 1 is 1.35 bits per heavy atom. The molecule has 0 saturated heterocycles. The van der Waals surface area contributed by atoms with E-state index < -0.39 is 21.6 Å². The van der Waals surface area contributed by atoms with Gasteiger partial charge in [0, 0.05) is 12.3 Å². The largest absolute Gasteiger partial charge is 0.416 e. The molecule has 1 atom stereocenters. The lowest BCUT2D eigenvalue weighted by Gasteiger charge is -2.12. The predicted molar refractivity (Wildman–Crippen MR) is 81.4 cm³/mol. The number of hydrogen-bond donors (Lipinski definition) is 1. The molecule has 1 N–H and O–H groups in total. The van der Waals surface area contributed by atoms with Crippen molar-refractivity contribution in [3.63, 3.8) is 0 Å². The van der Waals surface area contributed by atoms with Gasteiger partial charge in [0.2, 0.25) is 0 Å². The number of halogens is 3. The van der Waals surface area contributed by atoms with Crippen LogP contribution in [0.15, 0.2) is 36.7 Å². The second-order valence-corrected chi connectivity index (χ2v) is 7.54. The number of nitrogens with one attached hydrogen (secondary N) is 1. The number of hydrogen-bond acceptors (Lipinski definition) is 4. The Morgan fingerprint density at radius 2 is 2.04 bits per heavy atom. The summed E-state index contributed by atoms with van der Waals surface area (Å²) in [5.41, 5.74) is 0.0349. The summed E-state index contributed by atoms with van der Waals surface area (Å²) in [6, 6.07) is 4.45. The SMILES string of the molecule is C[C@@H](CS(C)(=O)=O)Nc1cnn(-c2cccc(C(F)(F)F)c2)c1. The van der Waals surface area contributed by atoms with Crippen molar-refractivity contribution in [2.45, 2.75) is 19.1 Å². The van der Waals surface area contributed by atoms with Crippen LogP contribution in [0.4, 0.5) is 18.9 Å². The summed E-state index contributed by atoms with van der Waals surface area (Å²) in [5.74, 6) is -0.0538. The number of benzene rings is 1. The summed E-state index contributed by atoms with van der Waals surface area (Å²) in [6.07, 6.45) is -0.348. The number of alkyl halides is 3. The molecule has 0 saturated carbocycles. The first-order valence-electron chi connectivity index (χ1n) is 6.71. The van der Waals surface area contributed by atoms with E-state index in [4.69, 9.17) is 0 Å². The molecule has 0 radical (unpaired) electrons. The molecular formula is C14H16F3N3O2S. The molecule has 2 aromatic rings. The van der Waals surface area contributed by atoms with Crippen molar-refractivity contribution in [2.75, 3.05) is 17.3 Å². The van der Waals surface area contributed by atoms with E-state index in [9.17, 15) is 21.6 Å². The Balaban J connectivity index is 2.16. The van der Waals surface area contributed by atoms with Gasteiger partial charge in [0.25, 0.3) is 0 Å². The fourth-order valence-corrected chi connectivity index (χ4v) is 3.14. The van der Waals surface area contributed by atoms with Crippen molar-refractivity contribution in [3.05, 3.63) is 42.2 Å². The monoisotopic (exact) mass is 347 g/mol. The summed E-state index contributed by atoms with van der Waals surface area (Å²) < 4.78 is 61.9. The lowest BCUT2D eigenvalue weighted by Crippen LogP contribution is -2.24. The van der Waals surface area contributed by atoms with Crippen LogP contribution in [-0.2, 0) is 16.0 Å². The fourth-order valence-electron chi connectivity index (χ4n) is 2.14. The Bertz CT molecular complexity index is 785. The topological polar surface area (TPSA) is 64.0 Å². The Labute approximate surface area is 132 Å². The molecule has 0 fully saturated rings. The van der Waals surface area contributed by atoms with Gasteiger partial charge in [-0.3, -0.25) is 0 Å². The third kappa shape index (κ3) is 4.98. The average molecular weight is 347 g/mol. The molecule has 0 aliphatic carbocycles. The van der Waals surface area contributed by atoms with Crippen molar-refractivity contribution in [3.8, 4) is 5.69 Å². The van der Waals surface area contributed by atoms with Crippen LogP contribution in [0.25, 0.3) is 5.69 Å². The van der Waals surface area contributed by atoms with E-state index in [1.54, 1.807) is 6.92 Å². The predicted octanol–water partition coefficient (Wildman–Crippen LogP) is 2.74. The fraction of sp³-hybridized carbons (Fsp3) is 0.357. The minimum absolute atomic E-state index is 0.0538. The first-order valence-corrected chi connectivity index (χ1v) is 8.77. The Morgan fingerprint density at radius 3 is 2.65 bits per heavy atom. The molecule has 0 bridgehead atoms. The summed E-state index contributed by atoms with van der Waals surface area (Å²) in [4.78, 5) is 0. The highest BCUT2D eigenvalue weighted by Crippen LogP contribution is 2.30. The van der Waals surface area contributed by atoms with Gasteiger partial charge in [-0.15, -0.1) is 0 Å². The van der Waals surface area contributed by atoms with E-state index in [2.05, 4.69) is 10.4 Å². The van der Waals surface area contributed by atoms with Crippen molar-refractivity contribution in [1.82, 2.24) is 9.78 Å². The van der Waals surface area contributed by atoms with E-state index >= 15 is 0 Å². The van der Waals surface area contributed by atoms with Gasteiger partial charge in [0.1, 0.15) is 9.84 Å². The van der Waals surface area contributed by atoms with Gasteiger partial charge in [-0.25, -0.2) is 13.1 Å². The molecule has 0 unspecified atom stereocenters. The molecule has 1 heterocycles. The number of rotatable bonds is 5. The number of aromatic nitrogens is 2. The number of anilines is 1. The lowest BCUT2D eigenvalue weighted by atomic mass is 10.2. The quantitative estimate of drug-likeness (QED) is 0.903. The first kappa shape index (κ1) is 17.3. The van der Waals surface area contributed by atoms with Crippen LogP contribution >= 0.6 is 0 Å². The third-order valence-corrected chi connectivity index (χ3v) is 4.09. The minimum atomic E-state index is -4.42. The minimum Gasteiger partial charge on any atom is -0.379 e. The molecule has 0 amide bonds. The molecule has 0 aliphatic heterocycles. The van der Waals surface area contributed by atoms with Gasteiger partial charge in [0.05, 0.1) is 35.1 Å². The number of nitrogens with zero attached hydrogens (tertiary/aromatic N) is 2. The molecule has 2 rings (SSSR count). The van der Waals surface area contributed by atoms with E-state index in [-0.39, 0.29) is 17.5 Å². The molecule has 0 aliphatic rings. The standard InChI is InChI=1S/C14H16F3N3O2S/c1-10(9-23(2,21)22)19-12-7-18-20(8-12)13-5-3-4-11(6-13)14(15,16)17/h3-8,10,19H,9H2,1-2H3/t10-/m0/s1.